The van der Waals surface area contributed by atoms with Crippen LogP contribution in [-0.4, -0.2) is 18.1 Å². The number of anilines is 1. The molecule has 0 aliphatic carbocycles. The van der Waals surface area contributed by atoms with Gasteiger partial charge in [-0.05, 0) is 22.0 Å². The predicted molar refractivity (Wildman–Crippen MR) is 56.2 cm³/mol. The van der Waals surface area contributed by atoms with Gasteiger partial charge in [0.2, 0.25) is 4.45 Å². The fourth-order valence-electron chi connectivity index (χ4n) is 1.57. The summed E-state index contributed by atoms with van der Waals surface area (Å²) in [5, 5.41) is 10.8. The first-order valence-corrected chi connectivity index (χ1v) is 4.88. The average Bonchev–Trinajstić information content (AvgIpc) is 2.42. The van der Waals surface area contributed by atoms with Crippen molar-refractivity contribution in [3.8, 4) is 0 Å². The first-order chi connectivity index (χ1) is 6.55. The van der Waals surface area contributed by atoms with Crippen LogP contribution < -0.4 is 10.4 Å². The molecule has 1 heterocycles. The lowest BCUT2D eigenvalue weighted by Crippen LogP contribution is -2.45. The number of halogens is 1. The summed E-state index contributed by atoms with van der Waals surface area (Å²) in [5.41, 5.74) is 4.43. The van der Waals surface area contributed by atoms with Gasteiger partial charge in [-0.25, -0.2) is 10.2 Å². The Morgan fingerprint density at radius 1 is 1.57 bits per heavy atom. The number of fused-ring (bicyclic) bond motifs is 1. The normalized spacial score (nSPS) is 24.9. The Kier molecular flexibility index (Phi) is 2.01. The summed E-state index contributed by atoms with van der Waals surface area (Å²) in [6.07, 6.45) is 0. The fourth-order valence-corrected chi connectivity index (χ4v) is 2.17. The van der Waals surface area contributed by atoms with Gasteiger partial charge < -0.3 is 10.1 Å². The second kappa shape index (κ2) is 2.96. The lowest BCUT2D eigenvalue weighted by molar-refractivity contribution is -0.140. The number of rotatable bonds is 1. The van der Waals surface area contributed by atoms with Gasteiger partial charge in [0.05, 0.1) is 5.69 Å². The Hall–Kier alpha value is -1.07. The average molecular weight is 257 g/mol. The summed E-state index contributed by atoms with van der Waals surface area (Å²) < 4.78 is -1.20. The molecule has 5 heteroatoms. The molecule has 1 aliphatic heterocycles. The Morgan fingerprint density at radius 2 is 2.21 bits per heavy atom. The van der Waals surface area contributed by atoms with Gasteiger partial charge in [-0.1, -0.05) is 18.2 Å². The smallest absolute Gasteiger partial charge is 0.341 e. The highest BCUT2D eigenvalue weighted by Crippen LogP contribution is 2.40. The van der Waals surface area contributed by atoms with E-state index in [1.165, 1.54) is 0 Å². The second-order valence-electron chi connectivity index (χ2n) is 3.15. The van der Waals surface area contributed by atoms with Gasteiger partial charge in [0, 0.05) is 12.6 Å². The minimum Gasteiger partial charge on any atom is -0.479 e. The third-order valence-electron chi connectivity index (χ3n) is 2.25. The highest BCUT2D eigenvalue weighted by Gasteiger charge is 2.45. The Labute approximate surface area is 89.6 Å². The quantitative estimate of drug-likeness (QED) is 0.587. The number of alkyl halides is 1. The van der Waals surface area contributed by atoms with Crippen LogP contribution in [0.3, 0.4) is 0 Å². The molecule has 1 aromatic rings. The standard InChI is InChI=1S/C9H9BrN2O2/c1-12-7-5-3-2-4-6(7)9(10,11-12)8(13)14/h2-5,11H,1H3,(H,13,14). The summed E-state index contributed by atoms with van der Waals surface area (Å²) in [6, 6.07) is 7.35. The monoisotopic (exact) mass is 256 g/mol. The molecule has 0 fully saturated rings. The van der Waals surface area contributed by atoms with Gasteiger partial charge in [0.1, 0.15) is 0 Å². The number of carboxylic acid groups (broad SMARTS) is 1. The lowest BCUT2D eigenvalue weighted by atomic mass is 10.1. The van der Waals surface area contributed by atoms with Gasteiger partial charge in [-0.15, -0.1) is 0 Å². The number of hydrogen-bond acceptors (Lipinski definition) is 3. The van der Waals surface area contributed by atoms with Crippen LogP contribution in [0, 0.1) is 0 Å². The van der Waals surface area contributed by atoms with Crippen LogP contribution in [0.15, 0.2) is 24.3 Å². The largest absolute Gasteiger partial charge is 0.479 e. The lowest BCUT2D eigenvalue weighted by Gasteiger charge is -2.19. The maximum atomic E-state index is 11.1. The van der Waals surface area contributed by atoms with E-state index in [0.29, 0.717) is 0 Å². The first kappa shape index (κ1) is 9.48. The number of carbonyl (C=O) groups is 1. The highest BCUT2D eigenvalue weighted by atomic mass is 79.9. The van der Waals surface area contributed by atoms with E-state index in [1.807, 2.05) is 18.2 Å². The van der Waals surface area contributed by atoms with Crippen molar-refractivity contribution in [2.45, 2.75) is 4.45 Å². The first-order valence-electron chi connectivity index (χ1n) is 4.09. The number of benzene rings is 1. The summed E-state index contributed by atoms with van der Waals surface area (Å²) in [6.45, 7) is 0. The van der Waals surface area contributed by atoms with E-state index in [2.05, 4.69) is 21.4 Å². The van der Waals surface area contributed by atoms with Crippen molar-refractivity contribution in [1.29, 1.82) is 0 Å². The van der Waals surface area contributed by atoms with Crippen molar-refractivity contribution in [2.75, 3.05) is 12.1 Å². The molecule has 0 radical (unpaired) electrons. The maximum Gasteiger partial charge on any atom is 0.341 e. The summed E-state index contributed by atoms with van der Waals surface area (Å²) in [4.78, 5) is 11.1. The highest BCUT2D eigenvalue weighted by molar-refractivity contribution is 9.10. The van der Waals surface area contributed by atoms with Gasteiger partial charge in [0.15, 0.2) is 0 Å². The summed E-state index contributed by atoms with van der Waals surface area (Å²) in [5.74, 6) is -0.950. The van der Waals surface area contributed by atoms with E-state index >= 15 is 0 Å². The molecule has 1 aromatic carbocycles. The zero-order valence-corrected chi connectivity index (χ0v) is 9.08. The van der Waals surface area contributed by atoms with E-state index in [9.17, 15) is 4.79 Å². The zero-order valence-electron chi connectivity index (χ0n) is 7.49. The van der Waals surface area contributed by atoms with E-state index in [4.69, 9.17) is 5.11 Å². The Bertz CT molecular complexity index is 396. The van der Waals surface area contributed by atoms with Crippen LogP contribution in [0.25, 0.3) is 0 Å². The second-order valence-corrected chi connectivity index (χ2v) is 4.34. The number of aliphatic carboxylic acids is 1. The van der Waals surface area contributed by atoms with Gasteiger partial charge in [-0.3, -0.25) is 0 Å². The molecule has 0 saturated heterocycles. The third kappa shape index (κ3) is 1.13. The van der Waals surface area contributed by atoms with Crippen molar-refractivity contribution in [2.24, 2.45) is 0 Å². The Morgan fingerprint density at radius 3 is 2.86 bits per heavy atom. The van der Waals surface area contributed by atoms with Crippen molar-refractivity contribution in [3.63, 3.8) is 0 Å². The van der Waals surface area contributed by atoms with Crippen molar-refractivity contribution < 1.29 is 9.90 Å². The molecule has 74 valence electrons. The molecule has 0 bridgehead atoms. The van der Waals surface area contributed by atoms with Crippen molar-refractivity contribution in [1.82, 2.24) is 5.43 Å². The zero-order chi connectivity index (χ0) is 10.3. The van der Waals surface area contributed by atoms with Crippen LogP contribution in [0.5, 0.6) is 0 Å². The topological polar surface area (TPSA) is 52.6 Å². The molecule has 0 aromatic heterocycles. The minimum absolute atomic E-state index is 0.718. The summed E-state index contributed by atoms with van der Waals surface area (Å²) >= 11 is 3.20. The predicted octanol–water partition coefficient (Wildman–Crippen LogP) is 1.27. The molecule has 2 N–H and O–H groups in total. The van der Waals surface area contributed by atoms with Crippen LogP contribution >= 0.6 is 15.9 Å². The van der Waals surface area contributed by atoms with E-state index in [1.54, 1.807) is 18.1 Å². The SMILES string of the molecule is CN1NC(Br)(C(=O)O)c2ccccc21. The molecule has 2 rings (SSSR count). The number of para-hydroxylation sites is 1. The molecular formula is C9H9BrN2O2. The van der Waals surface area contributed by atoms with Crippen molar-refractivity contribution >= 4 is 27.6 Å². The van der Waals surface area contributed by atoms with Crippen LogP contribution in [0.2, 0.25) is 0 Å². The fraction of sp³-hybridized carbons (Fsp3) is 0.222. The molecule has 1 unspecified atom stereocenters. The number of hydrogen-bond donors (Lipinski definition) is 2. The molecule has 1 aliphatic rings. The third-order valence-corrected chi connectivity index (χ3v) is 3.20. The minimum atomic E-state index is -1.20. The van der Waals surface area contributed by atoms with E-state index in [0.717, 1.165) is 11.3 Å². The number of hydrazine groups is 1. The maximum absolute atomic E-state index is 11.1. The molecular weight excluding hydrogens is 248 g/mol. The molecule has 1 atom stereocenters. The summed E-state index contributed by atoms with van der Waals surface area (Å²) in [7, 11) is 1.78. The molecule has 4 nitrogen and oxygen atoms in total. The molecule has 0 spiro atoms. The van der Waals surface area contributed by atoms with Crippen LogP contribution in [0.1, 0.15) is 5.56 Å². The van der Waals surface area contributed by atoms with Gasteiger partial charge in [0.25, 0.3) is 0 Å². The van der Waals surface area contributed by atoms with Crippen LogP contribution in [-0.2, 0) is 9.24 Å². The van der Waals surface area contributed by atoms with Crippen LogP contribution in [0.4, 0.5) is 5.69 Å². The molecule has 0 amide bonds. The van der Waals surface area contributed by atoms with Crippen molar-refractivity contribution in [3.05, 3.63) is 29.8 Å². The van der Waals surface area contributed by atoms with E-state index < -0.39 is 10.4 Å². The van der Waals surface area contributed by atoms with Gasteiger partial charge in [-0.2, -0.15) is 0 Å². The molecule has 0 saturated carbocycles. The van der Waals surface area contributed by atoms with Gasteiger partial charge >= 0.3 is 5.97 Å². The molecule has 14 heavy (non-hydrogen) atoms. The van der Waals surface area contributed by atoms with E-state index in [-0.39, 0.29) is 0 Å². The number of nitrogens with zero attached hydrogens (tertiary/aromatic N) is 1. The number of carboxylic acids is 1. The number of nitrogens with one attached hydrogen (secondary N) is 1. The Balaban J connectivity index is 2.59.